The monoisotopic (exact) mass is 281 g/mol. The van der Waals surface area contributed by atoms with Crippen molar-refractivity contribution < 1.29 is 19.4 Å². The average molecular weight is 281 g/mol. The van der Waals surface area contributed by atoms with Crippen LogP contribution in [0.1, 0.15) is 19.4 Å². The predicted octanol–water partition coefficient (Wildman–Crippen LogP) is 1.91. The van der Waals surface area contributed by atoms with Gasteiger partial charge in [-0.2, -0.15) is 0 Å². The third kappa shape index (κ3) is 5.59. The summed E-state index contributed by atoms with van der Waals surface area (Å²) >= 11 is 0. The van der Waals surface area contributed by atoms with E-state index in [1.807, 2.05) is 38.1 Å². The first-order chi connectivity index (χ1) is 9.54. The largest absolute Gasteiger partial charge is 0.491 e. The standard InChI is InChI=1S/C15H23NO4/c1-11(2)14(15(17)18)16-10-12-5-4-6-13(9-12)20-8-7-19-3/h4-6,9,11,14,16H,7-8,10H2,1-3H3,(H,17,18)/t14-/m0/s1. The first-order valence-corrected chi connectivity index (χ1v) is 6.71. The van der Waals surface area contributed by atoms with Gasteiger partial charge in [-0.05, 0) is 23.6 Å². The van der Waals surface area contributed by atoms with E-state index < -0.39 is 12.0 Å². The Bertz CT molecular complexity index is 420. The SMILES string of the molecule is COCCOc1cccc(CN[C@H](C(=O)O)C(C)C)c1. The van der Waals surface area contributed by atoms with Crippen LogP contribution in [0.3, 0.4) is 0 Å². The molecule has 112 valence electrons. The lowest BCUT2D eigenvalue weighted by Gasteiger charge is -2.18. The number of hydrogen-bond donors (Lipinski definition) is 2. The zero-order valence-electron chi connectivity index (χ0n) is 12.3. The zero-order valence-corrected chi connectivity index (χ0v) is 12.3. The highest BCUT2D eigenvalue weighted by Crippen LogP contribution is 2.14. The van der Waals surface area contributed by atoms with E-state index in [1.165, 1.54) is 0 Å². The third-order valence-corrected chi connectivity index (χ3v) is 2.91. The number of methoxy groups -OCH3 is 1. The first-order valence-electron chi connectivity index (χ1n) is 6.71. The highest BCUT2D eigenvalue weighted by molar-refractivity contribution is 5.73. The number of carboxylic acids is 1. The summed E-state index contributed by atoms with van der Waals surface area (Å²) in [4.78, 5) is 11.1. The average Bonchev–Trinajstić information content (AvgIpc) is 2.39. The van der Waals surface area contributed by atoms with Gasteiger partial charge in [0, 0.05) is 13.7 Å². The second kappa shape index (κ2) is 8.55. The Morgan fingerprint density at radius 2 is 2.10 bits per heavy atom. The van der Waals surface area contributed by atoms with Crippen LogP contribution in [-0.4, -0.2) is 37.4 Å². The van der Waals surface area contributed by atoms with Gasteiger partial charge in [-0.25, -0.2) is 0 Å². The Balaban J connectivity index is 2.55. The number of rotatable bonds is 9. The molecule has 5 nitrogen and oxygen atoms in total. The minimum absolute atomic E-state index is 0.0358. The van der Waals surface area contributed by atoms with Crippen molar-refractivity contribution in [3.8, 4) is 5.75 Å². The number of carboxylic acid groups (broad SMARTS) is 1. The quantitative estimate of drug-likeness (QED) is 0.677. The van der Waals surface area contributed by atoms with Crippen LogP contribution in [0, 0.1) is 5.92 Å². The van der Waals surface area contributed by atoms with E-state index in [0.717, 1.165) is 11.3 Å². The summed E-state index contributed by atoms with van der Waals surface area (Å²) in [6, 6.07) is 7.06. The molecule has 0 radical (unpaired) electrons. The van der Waals surface area contributed by atoms with Crippen LogP contribution in [0.4, 0.5) is 0 Å². The summed E-state index contributed by atoms with van der Waals surface area (Å²) in [5.41, 5.74) is 0.992. The van der Waals surface area contributed by atoms with Gasteiger partial charge < -0.3 is 19.9 Å². The molecule has 1 aromatic rings. The molecule has 5 heteroatoms. The van der Waals surface area contributed by atoms with Crippen LogP contribution >= 0.6 is 0 Å². The van der Waals surface area contributed by atoms with Gasteiger partial charge >= 0.3 is 5.97 Å². The Kier molecular flexibility index (Phi) is 7.04. The molecule has 0 bridgehead atoms. The second-order valence-corrected chi connectivity index (χ2v) is 4.93. The summed E-state index contributed by atoms with van der Waals surface area (Å²) in [6.07, 6.45) is 0. The van der Waals surface area contributed by atoms with Crippen molar-refractivity contribution in [2.75, 3.05) is 20.3 Å². The van der Waals surface area contributed by atoms with Gasteiger partial charge in [0.2, 0.25) is 0 Å². The normalized spacial score (nSPS) is 12.4. The van der Waals surface area contributed by atoms with Gasteiger partial charge in [0.1, 0.15) is 18.4 Å². The van der Waals surface area contributed by atoms with Crippen molar-refractivity contribution in [2.45, 2.75) is 26.4 Å². The van der Waals surface area contributed by atoms with E-state index in [4.69, 9.17) is 14.6 Å². The second-order valence-electron chi connectivity index (χ2n) is 4.93. The lowest BCUT2D eigenvalue weighted by atomic mass is 10.0. The molecule has 20 heavy (non-hydrogen) atoms. The molecule has 0 amide bonds. The fourth-order valence-electron chi connectivity index (χ4n) is 1.82. The van der Waals surface area contributed by atoms with Crippen LogP contribution in [0.2, 0.25) is 0 Å². The topological polar surface area (TPSA) is 67.8 Å². The van der Waals surface area contributed by atoms with E-state index in [0.29, 0.717) is 19.8 Å². The molecule has 1 rings (SSSR count). The molecule has 0 spiro atoms. The van der Waals surface area contributed by atoms with Crippen molar-refractivity contribution in [1.29, 1.82) is 0 Å². The van der Waals surface area contributed by atoms with E-state index in [1.54, 1.807) is 7.11 Å². The molecule has 0 aliphatic carbocycles. The number of carbonyl (C=O) groups is 1. The van der Waals surface area contributed by atoms with Crippen molar-refractivity contribution in [1.82, 2.24) is 5.32 Å². The van der Waals surface area contributed by atoms with E-state index in [-0.39, 0.29) is 5.92 Å². The molecule has 2 N–H and O–H groups in total. The highest BCUT2D eigenvalue weighted by Gasteiger charge is 2.20. The lowest BCUT2D eigenvalue weighted by molar-refractivity contribution is -0.140. The lowest BCUT2D eigenvalue weighted by Crippen LogP contribution is -2.40. The summed E-state index contributed by atoms with van der Waals surface area (Å²) in [5.74, 6) is -0.0288. The summed E-state index contributed by atoms with van der Waals surface area (Å²) in [6.45, 7) is 5.30. The molecule has 0 fully saturated rings. The maximum atomic E-state index is 11.1. The molecular formula is C15H23NO4. The van der Waals surface area contributed by atoms with Crippen molar-refractivity contribution in [2.24, 2.45) is 5.92 Å². The summed E-state index contributed by atoms with van der Waals surface area (Å²) in [7, 11) is 1.63. The summed E-state index contributed by atoms with van der Waals surface area (Å²) < 4.78 is 10.4. The van der Waals surface area contributed by atoms with E-state index in [9.17, 15) is 4.79 Å². The van der Waals surface area contributed by atoms with E-state index in [2.05, 4.69) is 5.32 Å². The number of ether oxygens (including phenoxy) is 2. The Labute approximate surface area is 119 Å². The molecular weight excluding hydrogens is 258 g/mol. The Hall–Kier alpha value is -1.59. The molecule has 0 aromatic heterocycles. The van der Waals surface area contributed by atoms with Gasteiger partial charge in [-0.1, -0.05) is 26.0 Å². The van der Waals surface area contributed by atoms with Crippen molar-refractivity contribution in [3.63, 3.8) is 0 Å². The zero-order chi connectivity index (χ0) is 15.0. The van der Waals surface area contributed by atoms with Gasteiger partial charge in [0.05, 0.1) is 6.61 Å². The summed E-state index contributed by atoms with van der Waals surface area (Å²) in [5, 5.41) is 12.2. The Morgan fingerprint density at radius 1 is 1.35 bits per heavy atom. The van der Waals surface area contributed by atoms with Gasteiger partial charge in [-0.15, -0.1) is 0 Å². The minimum Gasteiger partial charge on any atom is -0.491 e. The number of nitrogens with one attached hydrogen (secondary N) is 1. The number of aliphatic carboxylic acids is 1. The van der Waals surface area contributed by atoms with Crippen LogP contribution < -0.4 is 10.1 Å². The van der Waals surface area contributed by atoms with Gasteiger partial charge in [0.15, 0.2) is 0 Å². The fraction of sp³-hybridized carbons (Fsp3) is 0.533. The van der Waals surface area contributed by atoms with Gasteiger partial charge in [-0.3, -0.25) is 4.79 Å². The number of hydrogen-bond acceptors (Lipinski definition) is 4. The van der Waals surface area contributed by atoms with E-state index >= 15 is 0 Å². The predicted molar refractivity (Wildman–Crippen MR) is 76.9 cm³/mol. The fourth-order valence-corrected chi connectivity index (χ4v) is 1.82. The molecule has 0 unspecified atom stereocenters. The maximum Gasteiger partial charge on any atom is 0.320 e. The molecule has 0 saturated carbocycles. The molecule has 0 aliphatic heterocycles. The molecule has 0 aliphatic rings. The van der Waals surface area contributed by atoms with Crippen LogP contribution in [0.25, 0.3) is 0 Å². The van der Waals surface area contributed by atoms with Crippen LogP contribution in [0.15, 0.2) is 24.3 Å². The van der Waals surface area contributed by atoms with Crippen LogP contribution in [0.5, 0.6) is 5.75 Å². The van der Waals surface area contributed by atoms with Gasteiger partial charge in [0.25, 0.3) is 0 Å². The highest BCUT2D eigenvalue weighted by atomic mass is 16.5. The molecule has 0 heterocycles. The number of benzene rings is 1. The maximum absolute atomic E-state index is 11.1. The molecule has 1 atom stereocenters. The Morgan fingerprint density at radius 3 is 2.70 bits per heavy atom. The third-order valence-electron chi connectivity index (χ3n) is 2.91. The molecule has 0 saturated heterocycles. The van der Waals surface area contributed by atoms with Crippen LogP contribution in [-0.2, 0) is 16.1 Å². The molecule has 1 aromatic carbocycles. The van der Waals surface area contributed by atoms with Crippen molar-refractivity contribution in [3.05, 3.63) is 29.8 Å². The first kappa shape index (κ1) is 16.5. The smallest absolute Gasteiger partial charge is 0.320 e. The van der Waals surface area contributed by atoms with Crippen molar-refractivity contribution >= 4 is 5.97 Å². The minimum atomic E-state index is -0.826.